The molecule has 5 heteroatoms. The molecule has 1 saturated carbocycles. The molecule has 0 bridgehead atoms. The molecule has 4 atom stereocenters. The molecule has 2 aliphatic heterocycles. The minimum absolute atomic E-state index is 0.476. The fraction of sp³-hybridized carbons (Fsp3) is 0.867. The zero-order valence-electron chi connectivity index (χ0n) is 12.9. The molecular weight excluding hydrogens is 269 g/mol. The van der Waals surface area contributed by atoms with E-state index in [1.54, 1.807) is 0 Å². The quantitative estimate of drug-likeness (QED) is 0.427. The number of nitrogens with zero attached hydrogens (tertiary/aromatic N) is 3. The van der Waals surface area contributed by atoms with E-state index in [0.717, 1.165) is 19.6 Å². The molecule has 2 unspecified atom stereocenters. The first kappa shape index (κ1) is 14.8. The Labute approximate surface area is 123 Å². The lowest BCUT2D eigenvalue weighted by molar-refractivity contribution is 0.247. The lowest BCUT2D eigenvalue weighted by Gasteiger charge is -2.40. The van der Waals surface area contributed by atoms with Crippen LogP contribution in [0.25, 0.3) is 0 Å². The Balaban J connectivity index is 1.85. The Morgan fingerprint density at radius 1 is 1.15 bits per heavy atom. The fourth-order valence-electron chi connectivity index (χ4n) is 3.60. The van der Waals surface area contributed by atoms with Crippen molar-refractivity contribution in [1.29, 1.82) is 0 Å². The average Bonchev–Trinajstić information content (AvgIpc) is 3.35. The summed E-state index contributed by atoms with van der Waals surface area (Å²) in [6, 6.07) is 1.43. The van der Waals surface area contributed by atoms with Crippen LogP contribution in [0.4, 0.5) is 0 Å². The van der Waals surface area contributed by atoms with Crippen molar-refractivity contribution in [2.24, 2.45) is 0 Å². The highest BCUT2D eigenvalue weighted by Gasteiger charge is 2.58. The fourth-order valence-corrected chi connectivity index (χ4v) is 7.39. The SMILES string of the molecule is C=CCN(C1CCCCC1)P(=O)(N1C[C@H]1C)N1C[C@H]1C. The molecule has 0 aromatic heterocycles. The Bertz CT molecular complexity index is 401. The van der Waals surface area contributed by atoms with Gasteiger partial charge in [-0.1, -0.05) is 25.3 Å². The molecule has 0 spiro atoms. The molecule has 2 heterocycles. The van der Waals surface area contributed by atoms with Crippen LogP contribution in [0.3, 0.4) is 0 Å². The molecule has 0 aromatic carbocycles. The zero-order chi connectivity index (χ0) is 14.3. The lowest BCUT2D eigenvalue weighted by Crippen LogP contribution is -2.38. The topological polar surface area (TPSA) is 26.3 Å². The maximum absolute atomic E-state index is 13.9. The van der Waals surface area contributed by atoms with Gasteiger partial charge in [-0.25, -0.2) is 14.0 Å². The van der Waals surface area contributed by atoms with Crippen LogP contribution in [0.2, 0.25) is 0 Å². The van der Waals surface area contributed by atoms with E-state index in [-0.39, 0.29) is 0 Å². The second kappa shape index (κ2) is 5.57. The number of rotatable bonds is 6. The molecule has 1 aliphatic carbocycles. The molecule has 20 heavy (non-hydrogen) atoms. The first-order chi connectivity index (χ1) is 9.59. The van der Waals surface area contributed by atoms with E-state index in [1.165, 1.54) is 32.1 Å². The summed E-state index contributed by atoms with van der Waals surface area (Å²) in [7, 11) is -2.52. The van der Waals surface area contributed by atoms with Gasteiger partial charge in [0.2, 0.25) is 0 Å². The Hall–Kier alpha value is -0.150. The van der Waals surface area contributed by atoms with E-state index in [2.05, 4.69) is 34.4 Å². The van der Waals surface area contributed by atoms with Crippen LogP contribution in [0.15, 0.2) is 12.7 Å². The van der Waals surface area contributed by atoms with Crippen LogP contribution < -0.4 is 0 Å². The van der Waals surface area contributed by atoms with Crippen molar-refractivity contribution in [3.8, 4) is 0 Å². The molecule has 3 fully saturated rings. The van der Waals surface area contributed by atoms with Gasteiger partial charge in [0.15, 0.2) is 0 Å². The van der Waals surface area contributed by atoms with E-state index >= 15 is 0 Å². The Morgan fingerprint density at radius 3 is 2.05 bits per heavy atom. The molecule has 3 rings (SSSR count). The molecule has 114 valence electrons. The summed E-state index contributed by atoms with van der Waals surface area (Å²) in [6.07, 6.45) is 8.23. The summed E-state index contributed by atoms with van der Waals surface area (Å²) in [5.41, 5.74) is 0. The van der Waals surface area contributed by atoms with Gasteiger partial charge in [-0.3, -0.25) is 4.57 Å². The van der Waals surface area contributed by atoms with Crippen molar-refractivity contribution in [3.63, 3.8) is 0 Å². The van der Waals surface area contributed by atoms with E-state index in [1.807, 2.05) is 6.08 Å². The first-order valence-corrected chi connectivity index (χ1v) is 9.68. The van der Waals surface area contributed by atoms with Gasteiger partial charge in [0, 0.05) is 37.8 Å². The highest BCUT2D eigenvalue weighted by molar-refractivity contribution is 7.57. The predicted octanol–water partition coefficient (Wildman–Crippen LogP) is 3.32. The average molecular weight is 297 g/mol. The minimum Gasteiger partial charge on any atom is -0.270 e. The standard InChI is InChI=1S/C15H28N3OP/c1-4-10-16(15-8-6-5-7-9-15)20(19,17-11-13(17)2)18-12-14(18)3/h4,13-15H,1,5-12H2,2-3H3/t13-,14-,17?,18?,20?/m1/s1. The van der Waals surface area contributed by atoms with Gasteiger partial charge in [-0.15, -0.1) is 6.58 Å². The van der Waals surface area contributed by atoms with Gasteiger partial charge < -0.3 is 0 Å². The van der Waals surface area contributed by atoms with Crippen LogP contribution in [0.1, 0.15) is 46.0 Å². The van der Waals surface area contributed by atoms with Gasteiger partial charge in [-0.2, -0.15) is 0 Å². The summed E-state index contributed by atoms with van der Waals surface area (Å²) in [5.74, 6) is 0. The zero-order valence-corrected chi connectivity index (χ0v) is 13.8. The van der Waals surface area contributed by atoms with E-state index < -0.39 is 7.59 Å². The minimum atomic E-state index is -2.52. The molecule has 0 N–H and O–H groups in total. The van der Waals surface area contributed by atoms with Crippen molar-refractivity contribution >= 4 is 7.59 Å². The molecule has 2 saturated heterocycles. The van der Waals surface area contributed by atoms with Crippen molar-refractivity contribution in [2.75, 3.05) is 19.6 Å². The normalized spacial score (nSPS) is 40.4. The van der Waals surface area contributed by atoms with Gasteiger partial charge in [0.05, 0.1) is 0 Å². The van der Waals surface area contributed by atoms with Gasteiger partial charge in [0.25, 0.3) is 7.59 Å². The van der Waals surface area contributed by atoms with Crippen LogP contribution in [0.5, 0.6) is 0 Å². The monoisotopic (exact) mass is 297 g/mol. The van der Waals surface area contributed by atoms with Crippen LogP contribution in [-0.4, -0.2) is 51.8 Å². The highest BCUT2D eigenvalue weighted by Crippen LogP contribution is 2.67. The maximum atomic E-state index is 13.9. The van der Waals surface area contributed by atoms with Crippen molar-refractivity contribution in [2.45, 2.75) is 64.1 Å². The first-order valence-electron chi connectivity index (χ1n) is 8.11. The highest BCUT2D eigenvalue weighted by atomic mass is 31.2. The summed E-state index contributed by atoms with van der Waals surface area (Å²) >= 11 is 0. The number of hydrogen-bond donors (Lipinski definition) is 0. The third kappa shape index (κ3) is 2.52. The van der Waals surface area contributed by atoms with E-state index in [9.17, 15) is 4.57 Å². The second-order valence-corrected chi connectivity index (χ2v) is 9.23. The molecular formula is C15H28N3OP. The summed E-state index contributed by atoms with van der Waals surface area (Å²) in [4.78, 5) is 0. The van der Waals surface area contributed by atoms with Crippen LogP contribution in [-0.2, 0) is 4.57 Å². The smallest absolute Gasteiger partial charge is 0.270 e. The maximum Gasteiger partial charge on any atom is 0.288 e. The number of hydrogen-bond acceptors (Lipinski definition) is 1. The largest absolute Gasteiger partial charge is 0.288 e. The van der Waals surface area contributed by atoms with Crippen molar-refractivity contribution in [3.05, 3.63) is 12.7 Å². The van der Waals surface area contributed by atoms with E-state index in [4.69, 9.17) is 0 Å². The molecule has 0 radical (unpaired) electrons. The lowest BCUT2D eigenvalue weighted by atomic mass is 9.95. The van der Waals surface area contributed by atoms with Crippen molar-refractivity contribution < 1.29 is 4.57 Å². The molecule has 4 nitrogen and oxygen atoms in total. The van der Waals surface area contributed by atoms with E-state index in [0.29, 0.717) is 18.1 Å². The van der Waals surface area contributed by atoms with Crippen molar-refractivity contribution in [1.82, 2.24) is 14.0 Å². The summed E-state index contributed by atoms with van der Waals surface area (Å²) in [6.45, 7) is 11.0. The van der Waals surface area contributed by atoms with Crippen LogP contribution in [0, 0.1) is 0 Å². The van der Waals surface area contributed by atoms with Gasteiger partial charge in [-0.05, 0) is 26.7 Å². The second-order valence-electron chi connectivity index (χ2n) is 6.66. The molecule has 3 aliphatic rings. The third-order valence-corrected chi connectivity index (χ3v) is 8.58. The summed E-state index contributed by atoms with van der Waals surface area (Å²) in [5, 5.41) is 0. The molecule has 0 amide bonds. The Kier molecular flexibility index (Phi) is 4.11. The Morgan fingerprint density at radius 2 is 1.65 bits per heavy atom. The predicted molar refractivity (Wildman–Crippen MR) is 83.7 cm³/mol. The third-order valence-electron chi connectivity index (χ3n) is 4.97. The van der Waals surface area contributed by atoms with Gasteiger partial charge >= 0.3 is 0 Å². The van der Waals surface area contributed by atoms with Crippen LogP contribution >= 0.6 is 7.59 Å². The molecule has 0 aromatic rings. The summed E-state index contributed by atoms with van der Waals surface area (Å²) < 4.78 is 20.7. The van der Waals surface area contributed by atoms with Gasteiger partial charge in [0.1, 0.15) is 0 Å².